The fraction of sp³-hybridized carbons (Fsp3) is 0.882. The fourth-order valence-electron chi connectivity index (χ4n) is 4.41. The Balaban J connectivity index is 2.26. The molecule has 0 aromatic heterocycles. The van der Waals surface area contributed by atoms with Crippen LogP contribution in [0.15, 0.2) is 0 Å². The topological polar surface area (TPSA) is 52.6 Å². The first-order valence-electron chi connectivity index (χ1n) is 8.07. The lowest BCUT2D eigenvalue weighted by Gasteiger charge is -2.28. The highest BCUT2D eigenvalue weighted by Gasteiger charge is 2.64. The van der Waals surface area contributed by atoms with E-state index in [1.807, 2.05) is 27.7 Å². The van der Waals surface area contributed by atoms with Crippen molar-refractivity contribution >= 4 is 11.9 Å². The van der Waals surface area contributed by atoms with Gasteiger partial charge < -0.3 is 9.47 Å². The number of rotatable bonds is 4. The summed E-state index contributed by atoms with van der Waals surface area (Å²) in [6.07, 6.45) is 1.70. The molecule has 0 amide bonds. The van der Waals surface area contributed by atoms with Crippen LogP contribution in [0.4, 0.5) is 0 Å². The van der Waals surface area contributed by atoms with Crippen LogP contribution in [-0.4, -0.2) is 24.1 Å². The minimum Gasteiger partial charge on any atom is -0.463 e. The molecule has 0 aromatic rings. The number of fused-ring (bicyclic) bond motifs is 2. The first-order chi connectivity index (χ1) is 9.66. The number of ether oxygens (including phenoxy) is 2. The summed E-state index contributed by atoms with van der Waals surface area (Å²) in [5.41, 5.74) is 0.00132. The van der Waals surface area contributed by atoms with Crippen LogP contribution in [0.3, 0.4) is 0 Å². The molecule has 2 saturated carbocycles. The lowest BCUT2D eigenvalue weighted by atomic mass is 9.79. The Morgan fingerprint density at radius 3 is 1.48 bits per heavy atom. The van der Waals surface area contributed by atoms with Crippen LogP contribution < -0.4 is 0 Å². The normalized spacial score (nSPS) is 33.5. The Hall–Kier alpha value is -1.06. The molecule has 2 rings (SSSR count). The quantitative estimate of drug-likeness (QED) is 0.748. The zero-order valence-electron chi connectivity index (χ0n) is 14.0. The maximum Gasteiger partial charge on any atom is 0.310 e. The number of hydrogen-bond acceptors (Lipinski definition) is 4. The molecular formula is C17H28O4. The Kier molecular flexibility index (Phi) is 4.36. The van der Waals surface area contributed by atoms with E-state index in [0.717, 1.165) is 12.8 Å². The molecule has 4 unspecified atom stereocenters. The van der Waals surface area contributed by atoms with Gasteiger partial charge in [-0.25, -0.2) is 0 Å². The van der Waals surface area contributed by atoms with Crippen LogP contribution in [0.1, 0.15) is 54.4 Å². The zero-order valence-corrected chi connectivity index (χ0v) is 14.0. The van der Waals surface area contributed by atoms with Crippen LogP contribution in [0.5, 0.6) is 0 Å². The Bertz CT molecular complexity index is 387. The second-order valence-electron chi connectivity index (χ2n) is 7.63. The van der Waals surface area contributed by atoms with Gasteiger partial charge in [-0.3, -0.25) is 9.59 Å². The molecular weight excluding hydrogens is 268 g/mol. The summed E-state index contributed by atoms with van der Waals surface area (Å²) in [6.45, 7) is 11.7. The standard InChI is InChI=1S/C17H28O4/c1-9(2)20-15(18)13-11-7-8-12(17(11,5)6)14(13)16(19)21-10(3)4/h9-14H,7-8H2,1-6H3. The molecule has 4 atom stereocenters. The summed E-state index contributed by atoms with van der Waals surface area (Å²) < 4.78 is 10.8. The molecule has 0 spiro atoms. The monoisotopic (exact) mass is 296 g/mol. The highest BCUT2D eigenvalue weighted by atomic mass is 16.6. The van der Waals surface area contributed by atoms with Gasteiger partial charge in [-0.15, -0.1) is 0 Å². The molecule has 21 heavy (non-hydrogen) atoms. The van der Waals surface area contributed by atoms with Crippen molar-refractivity contribution in [2.45, 2.75) is 66.6 Å². The maximum absolute atomic E-state index is 12.5. The third-order valence-electron chi connectivity index (χ3n) is 5.20. The van der Waals surface area contributed by atoms with Gasteiger partial charge >= 0.3 is 11.9 Å². The van der Waals surface area contributed by atoms with Crippen molar-refractivity contribution < 1.29 is 19.1 Å². The summed E-state index contributed by atoms with van der Waals surface area (Å²) in [7, 11) is 0. The molecule has 2 fully saturated rings. The Morgan fingerprint density at radius 2 is 1.19 bits per heavy atom. The van der Waals surface area contributed by atoms with E-state index in [0.29, 0.717) is 0 Å². The van der Waals surface area contributed by atoms with Crippen LogP contribution in [0.25, 0.3) is 0 Å². The van der Waals surface area contributed by atoms with Crippen molar-refractivity contribution in [1.29, 1.82) is 0 Å². The first-order valence-corrected chi connectivity index (χ1v) is 8.07. The molecule has 0 saturated heterocycles. The molecule has 4 nitrogen and oxygen atoms in total. The minimum absolute atomic E-state index is 0.00132. The summed E-state index contributed by atoms with van der Waals surface area (Å²) in [6, 6.07) is 0. The molecule has 0 N–H and O–H groups in total. The van der Waals surface area contributed by atoms with E-state index in [1.54, 1.807) is 0 Å². The van der Waals surface area contributed by atoms with Crippen molar-refractivity contribution in [3.63, 3.8) is 0 Å². The highest BCUT2D eigenvalue weighted by Crippen LogP contribution is 2.63. The SMILES string of the molecule is CC(C)OC(=O)C1C(C(=O)OC(C)C)C2CCC1C2(C)C. The lowest BCUT2D eigenvalue weighted by molar-refractivity contribution is -0.167. The van der Waals surface area contributed by atoms with Gasteiger partial charge in [0.15, 0.2) is 0 Å². The van der Waals surface area contributed by atoms with Crippen molar-refractivity contribution in [2.75, 3.05) is 0 Å². The van der Waals surface area contributed by atoms with E-state index in [9.17, 15) is 9.59 Å². The predicted octanol–water partition coefficient (Wildman–Crippen LogP) is 3.19. The number of hydrogen-bond donors (Lipinski definition) is 0. The van der Waals surface area contributed by atoms with E-state index in [1.165, 1.54) is 0 Å². The minimum atomic E-state index is -0.340. The zero-order chi connectivity index (χ0) is 15.9. The molecule has 2 aliphatic carbocycles. The smallest absolute Gasteiger partial charge is 0.310 e. The van der Waals surface area contributed by atoms with E-state index in [2.05, 4.69) is 13.8 Å². The second kappa shape index (κ2) is 5.62. The molecule has 0 radical (unpaired) electrons. The van der Waals surface area contributed by atoms with Crippen LogP contribution in [0.2, 0.25) is 0 Å². The van der Waals surface area contributed by atoms with Crippen molar-refractivity contribution in [1.82, 2.24) is 0 Å². The van der Waals surface area contributed by atoms with Gasteiger partial charge in [0.25, 0.3) is 0 Å². The molecule has 120 valence electrons. The van der Waals surface area contributed by atoms with Crippen molar-refractivity contribution in [3.8, 4) is 0 Å². The van der Waals surface area contributed by atoms with Crippen molar-refractivity contribution in [2.24, 2.45) is 29.1 Å². The average molecular weight is 296 g/mol. The molecule has 0 aliphatic heterocycles. The Labute approximate surface area is 127 Å². The van der Waals surface area contributed by atoms with Gasteiger partial charge in [-0.1, -0.05) is 13.8 Å². The second-order valence-corrected chi connectivity index (χ2v) is 7.63. The van der Waals surface area contributed by atoms with Crippen LogP contribution >= 0.6 is 0 Å². The lowest BCUT2D eigenvalue weighted by Crippen LogP contribution is -2.38. The van der Waals surface area contributed by atoms with Crippen molar-refractivity contribution in [3.05, 3.63) is 0 Å². The van der Waals surface area contributed by atoms with Gasteiger partial charge in [-0.05, 0) is 57.8 Å². The number of carbonyl (C=O) groups excluding carboxylic acids is 2. The molecule has 0 aromatic carbocycles. The van der Waals surface area contributed by atoms with Gasteiger partial charge in [-0.2, -0.15) is 0 Å². The molecule has 2 aliphatic rings. The molecule has 4 heteroatoms. The largest absolute Gasteiger partial charge is 0.463 e. The molecule has 2 bridgehead atoms. The summed E-state index contributed by atoms with van der Waals surface area (Å²) in [5.74, 6) is -0.691. The van der Waals surface area contributed by atoms with Gasteiger partial charge in [0.2, 0.25) is 0 Å². The predicted molar refractivity (Wildman–Crippen MR) is 79.4 cm³/mol. The first kappa shape index (κ1) is 16.3. The number of carbonyl (C=O) groups is 2. The van der Waals surface area contributed by atoms with E-state index in [-0.39, 0.29) is 53.2 Å². The van der Waals surface area contributed by atoms with Gasteiger partial charge in [0.05, 0.1) is 24.0 Å². The van der Waals surface area contributed by atoms with E-state index >= 15 is 0 Å². The summed E-state index contributed by atoms with van der Waals surface area (Å²) in [5, 5.41) is 0. The maximum atomic E-state index is 12.5. The van der Waals surface area contributed by atoms with Gasteiger partial charge in [0.1, 0.15) is 0 Å². The van der Waals surface area contributed by atoms with E-state index < -0.39 is 0 Å². The average Bonchev–Trinajstić information content (AvgIpc) is 2.74. The van der Waals surface area contributed by atoms with Crippen LogP contribution in [-0.2, 0) is 19.1 Å². The van der Waals surface area contributed by atoms with E-state index in [4.69, 9.17) is 9.47 Å². The third kappa shape index (κ3) is 2.82. The third-order valence-corrected chi connectivity index (χ3v) is 5.20. The highest BCUT2D eigenvalue weighted by molar-refractivity contribution is 5.84. The Morgan fingerprint density at radius 1 is 0.857 bits per heavy atom. The number of esters is 2. The fourth-order valence-corrected chi connectivity index (χ4v) is 4.41. The molecule has 0 heterocycles. The van der Waals surface area contributed by atoms with Gasteiger partial charge in [0, 0.05) is 0 Å². The summed E-state index contributed by atoms with van der Waals surface area (Å²) in [4.78, 5) is 25.0. The summed E-state index contributed by atoms with van der Waals surface area (Å²) >= 11 is 0. The van der Waals surface area contributed by atoms with Crippen LogP contribution in [0, 0.1) is 29.1 Å².